The van der Waals surface area contributed by atoms with E-state index in [-0.39, 0.29) is 18.1 Å². The van der Waals surface area contributed by atoms with Gasteiger partial charge in [-0.1, -0.05) is 30.3 Å². The Morgan fingerprint density at radius 3 is 1.82 bits per heavy atom. The van der Waals surface area contributed by atoms with Gasteiger partial charge in [0.25, 0.3) is 0 Å². The molecule has 4 nitrogen and oxygen atoms in total. The molecule has 209 valence electrons. The zero-order chi connectivity index (χ0) is 28.4. The van der Waals surface area contributed by atoms with Crippen molar-refractivity contribution in [3.05, 3.63) is 95.9 Å². The standard InChI is InChI=1S/C29H29F6N2O2/c1-27(21-7-5-4-6-8-21,19-20-15-22(28(30,31)32)17-23(16-20)29(33,34)35)37-13-11-36(12-14-37)25-10-9-24(38-2)18-26(25)39-3/h4-10,15-18H,1,11-14,19H2,2-3H3. The van der Waals surface area contributed by atoms with Crippen LogP contribution in [0.1, 0.15) is 22.3 Å². The molecule has 1 aliphatic rings. The van der Waals surface area contributed by atoms with Gasteiger partial charge in [-0.05, 0) is 54.8 Å². The van der Waals surface area contributed by atoms with Crippen molar-refractivity contribution in [1.29, 1.82) is 0 Å². The largest absolute Gasteiger partial charge is 0.497 e. The van der Waals surface area contributed by atoms with Crippen LogP contribution in [0.15, 0.2) is 66.7 Å². The number of rotatable bonds is 7. The molecular weight excluding hydrogens is 522 g/mol. The summed E-state index contributed by atoms with van der Waals surface area (Å²) < 4.78 is 92.1. The van der Waals surface area contributed by atoms with Crippen molar-refractivity contribution >= 4 is 5.69 Å². The first-order chi connectivity index (χ1) is 18.3. The summed E-state index contributed by atoms with van der Waals surface area (Å²) >= 11 is 0. The number of methoxy groups -OCH3 is 2. The van der Waals surface area contributed by atoms with Crippen LogP contribution in [0.4, 0.5) is 32.0 Å². The van der Waals surface area contributed by atoms with Crippen molar-refractivity contribution in [2.75, 3.05) is 45.3 Å². The summed E-state index contributed by atoms with van der Waals surface area (Å²) in [6, 6.07) is 16.2. The molecule has 1 saturated heterocycles. The van der Waals surface area contributed by atoms with Gasteiger partial charge >= 0.3 is 12.4 Å². The third-order valence-electron chi connectivity index (χ3n) is 7.07. The van der Waals surface area contributed by atoms with Crippen LogP contribution in [0.3, 0.4) is 0 Å². The maximum Gasteiger partial charge on any atom is 0.416 e. The molecule has 10 heteroatoms. The summed E-state index contributed by atoms with van der Waals surface area (Å²) in [5.41, 5.74) is -2.30. The Hall–Kier alpha value is -3.40. The molecule has 1 fully saturated rings. The number of ether oxygens (including phenoxy) is 2. The minimum Gasteiger partial charge on any atom is -0.497 e. The highest BCUT2D eigenvalue weighted by molar-refractivity contribution is 5.61. The lowest BCUT2D eigenvalue weighted by atomic mass is 9.82. The number of alkyl halides is 6. The van der Waals surface area contributed by atoms with E-state index >= 15 is 0 Å². The monoisotopic (exact) mass is 551 g/mol. The second-order valence-corrected chi connectivity index (χ2v) is 9.50. The van der Waals surface area contributed by atoms with Gasteiger partial charge in [-0.3, -0.25) is 4.90 Å². The van der Waals surface area contributed by atoms with Gasteiger partial charge in [0, 0.05) is 32.2 Å². The molecule has 1 aliphatic heterocycles. The summed E-state index contributed by atoms with van der Waals surface area (Å²) in [6.45, 7) is 6.43. The Balaban J connectivity index is 1.66. The average molecular weight is 552 g/mol. The number of hydrogen-bond donors (Lipinski definition) is 0. The van der Waals surface area contributed by atoms with Crippen molar-refractivity contribution in [1.82, 2.24) is 4.90 Å². The molecule has 0 aliphatic carbocycles. The number of anilines is 1. The number of benzene rings is 3. The molecule has 0 bridgehead atoms. The molecule has 1 radical (unpaired) electrons. The molecule has 0 N–H and O–H groups in total. The molecule has 1 unspecified atom stereocenters. The Morgan fingerprint density at radius 1 is 0.718 bits per heavy atom. The van der Waals surface area contributed by atoms with Gasteiger partial charge in [0.05, 0.1) is 36.6 Å². The summed E-state index contributed by atoms with van der Waals surface area (Å²) in [5.74, 6) is 1.28. The summed E-state index contributed by atoms with van der Waals surface area (Å²) in [6.07, 6.45) is -9.98. The predicted molar refractivity (Wildman–Crippen MR) is 137 cm³/mol. The van der Waals surface area contributed by atoms with E-state index in [1.807, 2.05) is 17.0 Å². The van der Waals surface area contributed by atoms with E-state index in [4.69, 9.17) is 9.47 Å². The number of piperazine rings is 1. The number of halogens is 6. The normalized spacial score (nSPS) is 16.6. The van der Waals surface area contributed by atoms with E-state index in [1.165, 1.54) is 0 Å². The third-order valence-corrected chi connectivity index (χ3v) is 7.07. The lowest BCUT2D eigenvalue weighted by Crippen LogP contribution is -2.55. The van der Waals surface area contributed by atoms with Crippen LogP contribution in [-0.4, -0.2) is 45.3 Å². The highest BCUT2D eigenvalue weighted by atomic mass is 19.4. The molecule has 0 saturated carbocycles. The molecular formula is C29H29F6N2O2. The van der Waals surface area contributed by atoms with Gasteiger partial charge in [-0.2, -0.15) is 26.3 Å². The van der Waals surface area contributed by atoms with Crippen LogP contribution < -0.4 is 14.4 Å². The fourth-order valence-electron chi connectivity index (χ4n) is 5.03. The van der Waals surface area contributed by atoms with E-state index in [0.717, 1.165) is 17.8 Å². The zero-order valence-corrected chi connectivity index (χ0v) is 21.6. The highest BCUT2D eigenvalue weighted by Crippen LogP contribution is 2.40. The molecule has 4 rings (SSSR count). The summed E-state index contributed by atoms with van der Waals surface area (Å²) in [5, 5.41) is 0. The van der Waals surface area contributed by atoms with Crippen LogP contribution in [0, 0.1) is 6.92 Å². The minimum absolute atomic E-state index is 0.0877. The summed E-state index contributed by atoms with van der Waals surface area (Å²) in [4.78, 5) is 4.13. The molecule has 3 aromatic rings. The van der Waals surface area contributed by atoms with Crippen LogP contribution in [0.5, 0.6) is 11.5 Å². The van der Waals surface area contributed by atoms with E-state index in [2.05, 4.69) is 11.8 Å². The van der Waals surface area contributed by atoms with Gasteiger partial charge in [-0.15, -0.1) is 0 Å². The fourth-order valence-corrected chi connectivity index (χ4v) is 5.03. The van der Waals surface area contributed by atoms with Crippen molar-refractivity contribution in [3.8, 4) is 11.5 Å². The van der Waals surface area contributed by atoms with Crippen molar-refractivity contribution in [2.45, 2.75) is 24.3 Å². The second-order valence-electron chi connectivity index (χ2n) is 9.50. The molecule has 0 amide bonds. The molecule has 1 heterocycles. The van der Waals surface area contributed by atoms with Crippen LogP contribution in [0.2, 0.25) is 0 Å². The van der Waals surface area contributed by atoms with Crippen LogP contribution >= 0.6 is 0 Å². The average Bonchev–Trinajstić information content (AvgIpc) is 2.92. The maximum absolute atomic E-state index is 13.5. The lowest BCUT2D eigenvalue weighted by molar-refractivity contribution is -0.143. The minimum atomic E-state index is -4.92. The quantitative estimate of drug-likeness (QED) is 0.301. The van der Waals surface area contributed by atoms with E-state index in [9.17, 15) is 26.3 Å². The third kappa shape index (κ3) is 6.27. The van der Waals surface area contributed by atoms with Gasteiger partial charge in [0.15, 0.2) is 0 Å². The number of nitrogens with zero attached hydrogens (tertiary/aromatic N) is 2. The Labute approximate surface area is 223 Å². The van der Waals surface area contributed by atoms with Gasteiger partial charge in [0.2, 0.25) is 0 Å². The first-order valence-corrected chi connectivity index (χ1v) is 12.3. The fraction of sp³-hybridized carbons (Fsp3) is 0.345. The predicted octanol–water partition coefficient (Wildman–Crippen LogP) is 6.84. The van der Waals surface area contributed by atoms with Crippen molar-refractivity contribution < 1.29 is 35.8 Å². The Bertz CT molecular complexity index is 1240. The van der Waals surface area contributed by atoms with Gasteiger partial charge < -0.3 is 14.4 Å². The Kier molecular flexibility index (Phi) is 8.07. The van der Waals surface area contributed by atoms with E-state index in [0.29, 0.717) is 43.2 Å². The van der Waals surface area contributed by atoms with E-state index in [1.54, 1.807) is 50.6 Å². The zero-order valence-electron chi connectivity index (χ0n) is 21.6. The smallest absolute Gasteiger partial charge is 0.416 e. The second kappa shape index (κ2) is 11.0. The first kappa shape index (κ1) is 28.6. The van der Waals surface area contributed by atoms with Crippen molar-refractivity contribution in [3.63, 3.8) is 0 Å². The maximum atomic E-state index is 13.5. The molecule has 0 aromatic heterocycles. The van der Waals surface area contributed by atoms with Gasteiger partial charge in [0.1, 0.15) is 11.5 Å². The SMILES string of the molecule is [CH2]C(Cc1cc(C(F)(F)F)cc(C(F)(F)F)c1)(c1ccccc1)N1CCN(c2ccc(OC)cc2OC)CC1. The molecule has 1 atom stereocenters. The van der Waals surface area contributed by atoms with Crippen molar-refractivity contribution in [2.24, 2.45) is 0 Å². The highest BCUT2D eigenvalue weighted by Gasteiger charge is 2.40. The summed E-state index contributed by atoms with van der Waals surface area (Å²) in [7, 11) is 3.13. The lowest BCUT2D eigenvalue weighted by Gasteiger charge is -2.47. The van der Waals surface area contributed by atoms with Gasteiger partial charge in [-0.25, -0.2) is 0 Å². The van der Waals surface area contributed by atoms with Crippen LogP contribution in [0.25, 0.3) is 0 Å². The Morgan fingerprint density at radius 2 is 1.31 bits per heavy atom. The van der Waals surface area contributed by atoms with Crippen LogP contribution in [-0.2, 0) is 24.3 Å². The van der Waals surface area contributed by atoms with E-state index < -0.39 is 29.0 Å². The molecule has 0 spiro atoms. The first-order valence-electron chi connectivity index (χ1n) is 12.3. The number of hydrogen-bond acceptors (Lipinski definition) is 4. The molecule has 3 aromatic carbocycles. The topological polar surface area (TPSA) is 24.9 Å². The molecule has 39 heavy (non-hydrogen) atoms.